The zero-order valence-electron chi connectivity index (χ0n) is 19.0. The first-order valence-electron chi connectivity index (χ1n) is 11.2. The van der Waals surface area contributed by atoms with Crippen molar-refractivity contribution in [2.24, 2.45) is 21.0 Å². The molecule has 11 nitrogen and oxygen atoms in total. The minimum atomic E-state index is -3.57. The van der Waals surface area contributed by atoms with Crippen LogP contribution in [-0.4, -0.2) is 47.9 Å². The Morgan fingerprint density at radius 2 is 2.06 bits per heavy atom. The maximum atomic E-state index is 12.3. The first-order chi connectivity index (χ1) is 16.3. The van der Waals surface area contributed by atoms with Crippen LogP contribution in [0.1, 0.15) is 56.2 Å². The Bertz CT molecular complexity index is 1130. The monoisotopic (exact) mass is 555 g/mol. The van der Waals surface area contributed by atoms with Crippen molar-refractivity contribution in [2.75, 3.05) is 17.6 Å². The van der Waals surface area contributed by atoms with Gasteiger partial charge in [-0.05, 0) is 60.1 Å². The number of aromatic nitrogens is 2. The van der Waals surface area contributed by atoms with E-state index in [1.54, 1.807) is 12.1 Å². The number of hydroxylamine groups is 1. The number of sulfonamides is 1. The Kier molecular flexibility index (Phi) is 9.42. The number of benzene rings is 1. The smallest absolute Gasteiger partial charge is 0.255 e. The number of aliphatic imine (C=N–C) groups is 1. The SMILES string of the molecule is Cc1ccc(N=C(NO)c2nonc2NCCCC(N)=NS(=O)(=O)CC2CCCCC2)cc1Br. The molecule has 3 rings (SSSR count). The lowest BCUT2D eigenvalue weighted by Gasteiger charge is -2.20. The van der Waals surface area contributed by atoms with Crippen molar-refractivity contribution in [3.8, 4) is 0 Å². The average molecular weight is 556 g/mol. The second-order valence-corrected chi connectivity index (χ2v) is 10.9. The zero-order chi connectivity index (χ0) is 24.6. The lowest BCUT2D eigenvalue weighted by Crippen LogP contribution is -2.23. The summed E-state index contributed by atoms with van der Waals surface area (Å²) in [7, 11) is -3.57. The van der Waals surface area contributed by atoms with Crippen LogP contribution in [0.3, 0.4) is 0 Å². The molecule has 1 aliphatic rings. The Morgan fingerprint density at radius 3 is 2.76 bits per heavy atom. The van der Waals surface area contributed by atoms with Crippen molar-refractivity contribution < 1.29 is 18.3 Å². The molecular weight excluding hydrogens is 526 g/mol. The highest BCUT2D eigenvalue weighted by Gasteiger charge is 2.21. The minimum Gasteiger partial charge on any atom is -0.386 e. The largest absolute Gasteiger partial charge is 0.386 e. The molecule has 5 N–H and O–H groups in total. The number of amidine groups is 2. The summed E-state index contributed by atoms with van der Waals surface area (Å²) in [5.41, 5.74) is 9.71. The number of nitrogens with two attached hydrogens (primary N) is 1. The van der Waals surface area contributed by atoms with Crippen molar-refractivity contribution in [2.45, 2.75) is 51.9 Å². The molecular formula is C21H30BrN7O4S. The molecule has 0 atom stereocenters. The van der Waals surface area contributed by atoms with Crippen LogP contribution >= 0.6 is 15.9 Å². The van der Waals surface area contributed by atoms with Gasteiger partial charge in [0.25, 0.3) is 10.0 Å². The number of halogens is 1. The molecule has 13 heteroatoms. The summed E-state index contributed by atoms with van der Waals surface area (Å²) >= 11 is 3.45. The van der Waals surface area contributed by atoms with Crippen LogP contribution < -0.4 is 16.5 Å². The second kappa shape index (κ2) is 12.3. The van der Waals surface area contributed by atoms with Gasteiger partial charge in [-0.15, -0.1) is 0 Å². The van der Waals surface area contributed by atoms with Gasteiger partial charge in [0.15, 0.2) is 11.5 Å². The van der Waals surface area contributed by atoms with Gasteiger partial charge in [0.1, 0.15) is 5.84 Å². The van der Waals surface area contributed by atoms with E-state index in [1.807, 2.05) is 18.5 Å². The van der Waals surface area contributed by atoms with Gasteiger partial charge in [-0.2, -0.15) is 4.40 Å². The predicted octanol–water partition coefficient (Wildman–Crippen LogP) is 3.66. The van der Waals surface area contributed by atoms with Crippen molar-refractivity contribution in [1.29, 1.82) is 0 Å². The molecule has 1 aromatic carbocycles. The predicted molar refractivity (Wildman–Crippen MR) is 134 cm³/mol. The van der Waals surface area contributed by atoms with E-state index in [9.17, 15) is 13.6 Å². The molecule has 0 unspecified atom stereocenters. The third kappa shape index (κ3) is 7.77. The fourth-order valence-corrected chi connectivity index (χ4v) is 5.58. The molecule has 1 aliphatic carbocycles. The van der Waals surface area contributed by atoms with Gasteiger partial charge in [-0.25, -0.2) is 18.0 Å². The van der Waals surface area contributed by atoms with Crippen molar-refractivity contribution >= 4 is 49.1 Å². The molecule has 2 aromatic rings. The number of hydrogen-bond acceptors (Lipinski definition) is 8. The van der Waals surface area contributed by atoms with Crippen LogP contribution in [0.5, 0.6) is 0 Å². The molecule has 34 heavy (non-hydrogen) atoms. The molecule has 0 saturated heterocycles. The number of hydrogen-bond donors (Lipinski definition) is 4. The fourth-order valence-electron chi connectivity index (χ4n) is 3.76. The van der Waals surface area contributed by atoms with Gasteiger partial charge in [-0.1, -0.05) is 41.3 Å². The van der Waals surface area contributed by atoms with Crippen LogP contribution in [0.2, 0.25) is 0 Å². The molecule has 1 saturated carbocycles. The molecule has 0 aliphatic heterocycles. The van der Waals surface area contributed by atoms with E-state index >= 15 is 0 Å². The topological polar surface area (TPSA) is 168 Å². The highest BCUT2D eigenvalue weighted by Crippen LogP contribution is 2.25. The van der Waals surface area contributed by atoms with Gasteiger partial charge in [0.2, 0.25) is 5.82 Å². The summed E-state index contributed by atoms with van der Waals surface area (Å²) in [5.74, 6) is 0.641. The first kappa shape index (κ1) is 26.1. The third-order valence-electron chi connectivity index (χ3n) is 5.54. The van der Waals surface area contributed by atoms with Gasteiger partial charge < -0.3 is 11.1 Å². The Morgan fingerprint density at radius 1 is 1.29 bits per heavy atom. The van der Waals surface area contributed by atoms with Crippen LogP contribution in [0, 0.1) is 12.8 Å². The van der Waals surface area contributed by atoms with E-state index < -0.39 is 10.0 Å². The summed E-state index contributed by atoms with van der Waals surface area (Å²) in [6.07, 6.45) is 5.99. The summed E-state index contributed by atoms with van der Waals surface area (Å²) in [4.78, 5) is 4.34. The lowest BCUT2D eigenvalue weighted by atomic mass is 9.91. The van der Waals surface area contributed by atoms with Crippen LogP contribution in [0.25, 0.3) is 0 Å². The number of nitrogens with one attached hydrogen (secondary N) is 2. The second-order valence-electron chi connectivity index (χ2n) is 8.33. The Balaban J connectivity index is 1.54. The molecule has 0 spiro atoms. The number of nitrogens with zero attached hydrogens (tertiary/aromatic N) is 4. The molecule has 1 heterocycles. The van der Waals surface area contributed by atoms with Gasteiger partial charge >= 0.3 is 0 Å². The van der Waals surface area contributed by atoms with E-state index in [0.717, 1.165) is 35.7 Å². The lowest BCUT2D eigenvalue weighted by molar-refractivity contribution is 0.234. The highest BCUT2D eigenvalue weighted by molar-refractivity contribution is 9.10. The zero-order valence-corrected chi connectivity index (χ0v) is 21.4. The first-order valence-corrected chi connectivity index (χ1v) is 13.6. The maximum Gasteiger partial charge on any atom is 0.255 e. The van der Waals surface area contributed by atoms with Crippen molar-refractivity contribution in [3.05, 3.63) is 33.9 Å². The van der Waals surface area contributed by atoms with Crippen molar-refractivity contribution in [3.63, 3.8) is 0 Å². The standard InChI is InChI=1S/C21H30BrN7O4S/c1-14-9-10-16(12-17(14)22)25-21(26-30)19-20(28-33-27-19)24-11-5-8-18(23)29-34(31,32)13-15-6-3-2-4-7-15/h9-10,12,15,30H,2-8,11,13H2,1H3,(H2,23,29)(H,24,28)(H,25,26). The van der Waals surface area contributed by atoms with Gasteiger partial charge in [-0.3, -0.25) is 10.7 Å². The van der Waals surface area contributed by atoms with Crippen LogP contribution in [-0.2, 0) is 10.0 Å². The van der Waals surface area contributed by atoms with E-state index in [0.29, 0.717) is 25.1 Å². The number of rotatable bonds is 10. The molecule has 0 radical (unpaired) electrons. The minimum absolute atomic E-state index is 0.0504. The summed E-state index contributed by atoms with van der Waals surface area (Å²) in [6.45, 7) is 2.35. The Hall–Kier alpha value is -2.51. The average Bonchev–Trinajstić information content (AvgIpc) is 3.25. The normalized spacial score (nSPS) is 16.0. The maximum absolute atomic E-state index is 12.3. The van der Waals surface area contributed by atoms with Crippen LogP contribution in [0.15, 0.2) is 36.7 Å². The van der Waals surface area contributed by atoms with E-state index in [4.69, 9.17) is 10.4 Å². The number of anilines is 1. The molecule has 1 fully saturated rings. The van der Waals surface area contributed by atoms with Gasteiger partial charge in [0, 0.05) is 17.4 Å². The molecule has 0 amide bonds. The number of aryl methyl sites for hydroxylation is 1. The van der Waals surface area contributed by atoms with Gasteiger partial charge in [0.05, 0.1) is 11.4 Å². The molecule has 0 bridgehead atoms. The quantitative estimate of drug-likeness (QED) is 0.148. The van der Waals surface area contributed by atoms with E-state index in [1.165, 1.54) is 6.42 Å². The summed E-state index contributed by atoms with van der Waals surface area (Å²) in [5, 5.41) is 20.2. The van der Waals surface area contributed by atoms with Crippen molar-refractivity contribution in [1.82, 2.24) is 15.8 Å². The highest BCUT2D eigenvalue weighted by atomic mass is 79.9. The Labute approximate surface area is 207 Å². The fraction of sp³-hybridized carbons (Fsp3) is 0.524. The van der Waals surface area contributed by atoms with Crippen LogP contribution in [0.4, 0.5) is 11.5 Å². The van der Waals surface area contributed by atoms with E-state index in [-0.39, 0.29) is 34.9 Å². The molecule has 1 aromatic heterocycles. The van der Waals surface area contributed by atoms with E-state index in [2.05, 4.69) is 41.0 Å². The third-order valence-corrected chi connectivity index (χ3v) is 7.80. The summed E-state index contributed by atoms with van der Waals surface area (Å²) < 4.78 is 34.1. The summed E-state index contributed by atoms with van der Waals surface area (Å²) in [6, 6.07) is 5.49. The molecule has 186 valence electrons.